The molecular formula is C10H6N2O2S. The van der Waals surface area contributed by atoms with Gasteiger partial charge in [0.2, 0.25) is 0 Å². The molecule has 15 heavy (non-hydrogen) atoms. The number of fused-ring (bicyclic) bond motifs is 3. The summed E-state index contributed by atoms with van der Waals surface area (Å²) >= 11 is 1.18. The van der Waals surface area contributed by atoms with Crippen molar-refractivity contribution in [2.75, 3.05) is 0 Å². The Kier molecular flexibility index (Phi) is 1.58. The minimum absolute atomic E-state index is 0.309. The van der Waals surface area contributed by atoms with Crippen LogP contribution in [0.1, 0.15) is 9.67 Å². The largest absolute Gasteiger partial charge is 0.477 e. The first-order valence-corrected chi connectivity index (χ1v) is 5.17. The summed E-state index contributed by atoms with van der Waals surface area (Å²) in [7, 11) is 0. The fourth-order valence-electron chi connectivity index (χ4n) is 1.56. The van der Waals surface area contributed by atoms with Crippen LogP contribution in [0, 0.1) is 0 Å². The summed E-state index contributed by atoms with van der Waals surface area (Å²) in [6.45, 7) is 0. The molecule has 0 fully saturated rings. The van der Waals surface area contributed by atoms with Crippen LogP contribution < -0.4 is 0 Å². The first-order chi connectivity index (χ1) is 7.25. The van der Waals surface area contributed by atoms with E-state index in [1.807, 2.05) is 28.7 Å². The zero-order valence-corrected chi connectivity index (χ0v) is 8.36. The molecule has 0 aliphatic heterocycles. The number of aromatic nitrogens is 2. The van der Waals surface area contributed by atoms with Gasteiger partial charge in [0, 0.05) is 6.20 Å². The Labute approximate surface area is 88.4 Å². The second-order valence-electron chi connectivity index (χ2n) is 3.15. The molecule has 1 aromatic carbocycles. The third-order valence-electron chi connectivity index (χ3n) is 2.22. The fraction of sp³-hybridized carbons (Fsp3) is 0. The lowest BCUT2D eigenvalue weighted by Crippen LogP contribution is -1.90. The maximum atomic E-state index is 10.8. The van der Waals surface area contributed by atoms with Crippen molar-refractivity contribution in [3.63, 3.8) is 0 Å². The van der Waals surface area contributed by atoms with E-state index in [0.717, 1.165) is 11.0 Å². The van der Waals surface area contributed by atoms with Gasteiger partial charge in [-0.1, -0.05) is 23.5 Å². The predicted octanol–water partition coefficient (Wildman–Crippen LogP) is 2.25. The minimum atomic E-state index is -0.908. The standard InChI is InChI=1S/C10H6N2O2S/c13-9(14)8-5-12-7-4-2-1-3-6(7)11-10(12)15-8/h1-5H,(H,13,14). The summed E-state index contributed by atoms with van der Waals surface area (Å²) in [5.41, 5.74) is 1.83. The number of rotatable bonds is 1. The summed E-state index contributed by atoms with van der Waals surface area (Å²) in [4.78, 5) is 16.1. The SMILES string of the molecule is O=C(O)c1cn2c(nc3ccccc32)s1. The molecule has 4 nitrogen and oxygen atoms in total. The molecule has 0 saturated carbocycles. The molecule has 2 aromatic heterocycles. The highest BCUT2D eigenvalue weighted by Crippen LogP contribution is 2.23. The summed E-state index contributed by atoms with van der Waals surface area (Å²) in [5, 5.41) is 8.85. The zero-order chi connectivity index (χ0) is 10.4. The minimum Gasteiger partial charge on any atom is -0.477 e. The Balaban J connectivity index is 2.42. The van der Waals surface area contributed by atoms with E-state index in [4.69, 9.17) is 5.11 Å². The maximum Gasteiger partial charge on any atom is 0.347 e. The topological polar surface area (TPSA) is 54.6 Å². The zero-order valence-electron chi connectivity index (χ0n) is 7.54. The van der Waals surface area contributed by atoms with Crippen LogP contribution in [0.15, 0.2) is 30.5 Å². The van der Waals surface area contributed by atoms with Gasteiger partial charge >= 0.3 is 5.97 Å². The molecule has 0 bridgehead atoms. The third-order valence-corrected chi connectivity index (χ3v) is 3.19. The highest BCUT2D eigenvalue weighted by molar-refractivity contribution is 7.18. The van der Waals surface area contributed by atoms with Crippen molar-refractivity contribution in [2.24, 2.45) is 0 Å². The van der Waals surface area contributed by atoms with Crippen LogP contribution in [-0.2, 0) is 0 Å². The van der Waals surface area contributed by atoms with Crippen LogP contribution >= 0.6 is 11.3 Å². The monoisotopic (exact) mass is 218 g/mol. The first-order valence-electron chi connectivity index (χ1n) is 4.35. The molecule has 0 saturated heterocycles. The molecule has 3 aromatic rings. The van der Waals surface area contributed by atoms with Gasteiger partial charge in [0.25, 0.3) is 0 Å². The lowest BCUT2D eigenvalue weighted by molar-refractivity contribution is 0.0702. The molecule has 3 rings (SSSR count). The van der Waals surface area contributed by atoms with Crippen molar-refractivity contribution in [1.82, 2.24) is 9.38 Å². The second-order valence-corrected chi connectivity index (χ2v) is 4.16. The molecule has 5 heteroatoms. The average Bonchev–Trinajstić information content (AvgIpc) is 2.73. The molecule has 0 atom stereocenters. The highest BCUT2D eigenvalue weighted by Gasteiger charge is 2.11. The smallest absolute Gasteiger partial charge is 0.347 e. The van der Waals surface area contributed by atoms with Crippen LogP contribution in [0.25, 0.3) is 16.0 Å². The normalized spacial score (nSPS) is 11.2. The number of imidazole rings is 1. The number of carboxylic acids is 1. The predicted molar refractivity (Wildman–Crippen MR) is 57.5 cm³/mol. The lowest BCUT2D eigenvalue weighted by Gasteiger charge is -1.87. The van der Waals surface area contributed by atoms with Gasteiger partial charge in [0.15, 0.2) is 4.96 Å². The van der Waals surface area contributed by atoms with E-state index >= 15 is 0 Å². The van der Waals surface area contributed by atoms with Crippen LogP contribution in [0.4, 0.5) is 0 Å². The first kappa shape index (κ1) is 8.43. The lowest BCUT2D eigenvalue weighted by atomic mass is 10.3. The molecule has 0 aliphatic rings. The summed E-state index contributed by atoms with van der Waals surface area (Å²) in [6, 6.07) is 7.66. The molecule has 1 N–H and O–H groups in total. The molecule has 0 unspecified atom stereocenters. The molecule has 0 aliphatic carbocycles. The molecule has 74 valence electrons. The fourth-order valence-corrected chi connectivity index (χ4v) is 2.40. The third kappa shape index (κ3) is 1.13. The van der Waals surface area contributed by atoms with Crippen molar-refractivity contribution >= 4 is 33.3 Å². The molecule has 0 amide bonds. The van der Waals surface area contributed by atoms with Gasteiger partial charge in [-0.3, -0.25) is 4.40 Å². The molecule has 0 spiro atoms. The van der Waals surface area contributed by atoms with Gasteiger partial charge in [0.1, 0.15) is 4.88 Å². The molecule has 2 heterocycles. The number of thiazole rings is 1. The van der Waals surface area contributed by atoms with Crippen LogP contribution in [0.3, 0.4) is 0 Å². The van der Waals surface area contributed by atoms with E-state index in [1.165, 1.54) is 11.3 Å². The van der Waals surface area contributed by atoms with Gasteiger partial charge in [0.05, 0.1) is 11.0 Å². The van der Waals surface area contributed by atoms with E-state index in [-0.39, 0.29) is 0 Å². The maximum absolute atomic E-state index is 10.8. The molecule has 0 radical (unpaired) electrons. The average molecular weight is 218 g/mol. The number of hydrogen-bond acceptors (Lipinski definition) is 3. The Morgan fingerprint density at radius 1 is 1.40 bits per heavy atom. The van der Waals surface area contributed by atoms with Gasteiger partial charge in [-0.25, -0.2) is 9.78 Å². The second kappa shape index (κ2) is 2.80. The number of aromatic carboxylic acids is 1. The Morgan fingerprint density at radius 2 is 2.20 bits per heavy atom. The van der Waals surface area contributed by atoms with Gasteiger partial charge in [-0.2, -0.15) is 0 Å². The van der Waals surface area contributed by atoms with Crippen LogP contribution in [0.5, 0.6) is 0 Å². The number of hydrogen-bond donors (Lipinski definition) is 1. The highest BCUT2D eigenvalue weighted by atomic mass is 32.1. The van der Waals surface area contributed by atoms with Crippen molar-refractivity contribution < 1.29 is 9.90 Å². The molecular weight excluding hydrogens is 212 g/mol. The van der Waals surface area contributed by atoms with Crippen molar-refractivity contribution in [3.8, 4) is 0 Å². The number of benzene rings is 1. The van der Waals surface area contributed by atoms with Gasteiger partial charge in [-0.05, 0) is 12.1 Å². The quantitative estimate of drug-likeness (QED) is 0.681. The Morgan fingerprint density at radius 3 is 3.00 bits per heavy atom. The number of carbonyl (C=O) groups is 1. The summed E-state index contributed by atoms with van der Waals surface area (Å²) < 4.78 is 1.81. The Hall–Kier alpha value is -1.88. The van der Waals surface area contributed by atoms with Gasteiger partial charge in [-0.15, -0.1) is 0 Å². The number of nitrogens with zero attached hydrogens (tertiary/aromatic N) is 2. The summed E-state index contributed by atoms with van der Waals surface area (Å²) in [5.74, 6) is -0.908. The summed E-state index contributed by atoms with van der Waals surface area (Å²) in [6.07, 6.45) is 1.61. The van der Waals surface area contributed by atoms with Crippen molar-refractivity contribution in [2.45, 2.75) is 0 Å². The van der Waals surface area contributed by atoms with E-state index < -0.39 is 5.97 Å². The van der Waals surface area contributed by atoms with E-state index in [9.17, 15) is 4.79 Å². The van der Waals surface area contributed by atoms with Crippen LogP contribution in [0.2, 0.25) is 0 Å². The van der Waals surface area contributed by atoms with E-state index in [0.29, 0.717) is 9.84 Å². The van der Waals surface area contributed by atoms with Crippen molar-refractivity contribution in [3.05, 3.63) is 35.3 Å². The van der Waals surface area contributed by atoms with Crippen LogP contribution in [-0.4, -0.2) is 20.5 Å². The Bertz CT molecular complexity index is 668. The van der Waals surface area contributed by atoms with Gasteiger partial charge < -0.3 is 5.11 Å². The van der Waals surface area contributed by atoms with E-state index in [2.05, 4.69) is 4.98 Å². The van der Waals surface area contributed by atoms with E-state index in [1.54, 1.807) is 6.20 Å². The number of para-hydroxylation sites is 2. The number of carboxylic acid groups (broad SMARTS) is 1. The van der Waals surface area contributed by atoms with Crippen molar-refractivity contribution in [1.29, 1.82) is 0 Å².